The third-order valence-corrected chi connectivity index (χ3v) is 5.67. The van der Waals surface area contributed by atoms with Crippen LogP contribution in [-0.2, 0) is 16.0 Å². The lowest BCUT2D eigenvalue weighted by molar-refractivity contribution is -0.142. The van der Waals surface area contributed by atoms with Crippen molar-refractivity contribution in [3.8, 4) is 0 Å². The molecule has 160 valence electrons. The van der Waals surface area contributed by atoms with Gasteiger partial charge >= 0.3 is 5.97 Å². The second-order valence-corrected chi connectivity index (χ2v) is 8.31. The zero-order valence-corrected chi connectivity index (χ0v) is 18.1. The van der Waals surface area contributed by atoms with E-state index in [2.05, 4.69) is 4.98 Å². The molecular weight excluding hydrogens is 392 g/mol. The van der Waals surface area contributed by atoms with Gasteiger partial charge in [-0.3, -0.25) is 19.0 Å². The Balaban J connectivity index is 1.44. The van der Waals surface area contributed by atoms with Gasteiger partial charge in [-0.15, -0.1) is 0 Å². The molecule has 1 heterocycles. The molecule has 4 rings (SSSR count). The highest BCUT2D eigenvalue weighted by Crippen LogP contribution is 2.34. The van der Waals surface area contributed by atoms with Gasteiger partial charge in [-0.1, -0.05) is 29.8 Å². The number of carbonyl (C=O) groups excluding carboxylic acids is 2. The minimum Gasteiger partial charge on any atom is -0.457 e. The van der Waals surface area contributed by atoms with Crippen LogP contribution in [0.25, 0.3) is 10.9 Å². The Morgan fingerprint density at radius 3 is 2.45 bits per heavy atom. The predicted octanol–water partition coefficient (Wildman–Crippen LogP) is 4.02. The van der Waals surface area contributed by atoms with Crippen LogP contribution < -0.4 is 5.56 Å². The fourth-order valence-electron chi connectivity index (χ4n) is 4.20. The van der Waals surface area contributed by atoms with Gasteiger partial charge in [0.25, 0.3) is 5.56 Å². The monoisotopic (exact) mass is 418 g/mol. The highest BCUT2D eigenvalue weighted by atomic mass is 16.5. The molecule has 1 aliphatic rings. The standard InChI is InChI=1S/C25H26N2O4/c1-15-12-16(2)24(17(3)13-15)21(28)14-31-23(29)11-10-22-26-20-7-5-4-6-19(20)25(30)27(22)18-8-9-18/h4-7,12-13,18H,8-11,14H2,1-3H3. The summed E-state index contributed by atoms with van der Waals surface area (Å²) in [6, 6.07) is 11.3. The van der Waals surface area contributed by atoms with Crippen molar-refractivity contribution < 1.29 is 14.3 Å². The second-order valence-electron chi connectivity index (χ2n) is 8.31. The van der Waals surface area contributed by atoms with Gasteiger partial charge in [0.05, 0.1) is 17.3 Å². The van der Waals surface area contributed by atoms with E-state index in [1.165, 1.54) is 0 Å². The van der Waals surface area contributed by atoms with Crippen molar-refractivity contribution in [3.05, 3.63) is 74.8 Å². The van der Waals surface area contributed by atoms with Gasteiger partial charge < -0.3 is 4.74 Å². The molecule has 1 saturated carbocycles. The van der Waals surface area contributed by atoms with Crippen LogP contribution in [0.2, 0.25) is 0 Å². The first-order valence-corrected chi connectivity index (χ1v) is 10.6. The number of Topliss-reactive ketones (excluding diaryl/α,β-unsaturated/α-hetero) is 1. The van der Waals surface area contributed by atoms with Gasteiger partial charge in [-0.2, -0.15) is 0 Å². The maximum absolute atomic E-state index is 12.9. The molecule has 0 saturated heterocycles. The number of nitrogens with zero attached hydrogens (tertiary/aromatic N) is 2. The van der Waals surface area contributed by atoms with E-state index in [9.17, 15) is 14.4 Å². The molecule has 0 spiro atoms. The van der Waals surface area contributed by atoms with E-state index in [1.54, 1.807) is 16.7 Å². The van der Waals surface area contributed by atoms with E-state index in [0.29, 0.717) is 28.7 Å². The first-order valence-electron chi connectivity index (χ1n) is 10.6. The van der Waals surface area contributed by atoms with Crippen molar-refractivity contribution in [2.45, 2.75) is 52.5 Å². The summed E-state index contributed by atoms with van der Waals surface area (Å²) in [6.45, 7) is 5.47. The summed E-state index contributed by atoms with van der Waals surface area (Å²) < 4.78 is 6.97. The minimum atomic E-state index is -0.472. The zero-order chi connectivity index (χ0) is 22.1. The molecule has 0 radical (unpaired) electrons. The van der Waals surface area contributed by atoms with E-state index in [4.69, 9.17) is 4.74 Å². The van der Waals surface area contributed by atoms with Crippen LogP contribution in [0.5, 0.6) is 0 Å². The van der Waals surface area contributed by atoms with E-state index in [1.807, 2.05) is 45.0 Å². The summed E-state index contributed by atoms with van der Waals surface area (Å²) in [5, 5.41) is 0.593. The minimum absolute atomic E-state index is 0.0584. The fraction of sp³-hybridized carbons (Fsp3) is 0.360. The van der Waals surface area contributed by atoms with Crippen LogP contribution in [-0.4, -0.2) is 27.9 Å². The molecule has 1 aliphatic carbocycles. The Morgan fingerprint density at radius 2 is 1.77 bits per heavy atom. The quantitative estimate of drug-likeness (QED) is 0.428. The third-order valence-electron chi connectivity index (χ3n) is 5.67. The van der Waals surface area contributed by atoms with Crippen LogP contribution in [0.1, 0.15) is 58.2 Å². The molecule has 0 aliphatic heterocycles. The summed E-state index contributed by atoms with van der Waals surface area (Å²) >= 11 is 0. The SMILES string of the molecule is Cc1cc(C)c(C(=O)COC(=O)CCc2nc3ccccc3c(=O)n2C2CC2)c(C)c1. The molecule has 0 bridgehead atoms. The first kappa shape index (κ1) is 21.0. The van der Waals surface area contributed by atoms with Gasteiger partial charge in [0.15, 0.2) is 6.61 Å². The largest absolute Gasteiger partial charge is 0.457 e. The topological polar surface area (TPSA) is 78.3 Å². The zero-order valence-electron chi connectivity index (χ0n) is 18.1. The molecule has 2 aromatic carbocycles. The summed E-state index contributed by atoms with van der Waals surface area (Å²) in [4.78, 5) is 42.4. The molecule has 31 heavy (non-hydrogen) atoms. The number of ketones is 1. The molecule has 1 fully saturated rings. The Labute approximate surface area is 180 Å². The summed E-state index contributed by atoms with van der Waals surface area (Å²) in [6.07, 6.45) is 2.26. The van der Waals surface area contributed by atoms with Crippen LogP contribution in [0, 0.1) is 20.8 Å². The van der Waals surface area contributed by atoms with E-state index in [-0.39, 0.29) is 30.4 Å². The number of para-hydroxylation sites is 1. The van der Waals surface area contributed by atoms with Gasteiger partial charge in [0.1, 0.15) is 5.82 Å². The van der Waals surface area contributed by atoms with Gasteiger partial charge in [0, 0.05) is 18.0 Å². The normalized spacial score (nSPS) is 13.4. The molecule has 6 heteroatoms. The Hall–Kier alpha value is -3.28. The molecule has 1 aromatic heterocycles. The van der Waals surface area contributed by atoms with Crippen LogP contribution in [0.15, 0.2) is 41.2 Å². The van der Waals surface area contributed by atoms with Crippen molar-refractivity contribution in [1.82, 2.24) is 9.55 Å². The molecule has 0 atom stereocenters. The Morgan fingerprint density at radius 1 is 1.10 bits per heavy atom. The number of fused-ring (bicyclic) bond motifs is 1. The number of ether oxygens (including phenoxy) is 1. The van der Waals surface area contributed by atoms with E-state index >= 15 is 0 Å². The van der Waals surface area contributed by atoms with Crippen molar-refractivity contribution >= 4 is 22.7 Å². The lowest BCUT2D eigenvalue weighted by Crippen LogP contribution is -2.25. The molecule has 3 aromatic rings. The van der Waals surface area contributed by atoms with Crippen molar-refractivity contribution in [2.75, 3.05) is 6.61 Å². The number of benzene rings is 2. The van der Waals surface area contributed by atoms with Gasteiger partial charge in [0.2, 0.25) is 5.78 Å². The maximum Gasteiger partial charge on any atom is 0.306 e. The van der Waals surface area contributed by atoms with Crippen molar-refractivity contribution in [2.24, 2.45) is 0 Å². The number of carbonyl (C=O) groups is 2. The van der Waals surface area contributed by atoms with Crippen molar-refractivity contribution in [1.29, 1.82) is 0 Å². The number of hydrogen-bond acceptors (Lipinski definition) is 5. The summed E-state index contributed by atoms with van der Waals surface area (Å²) in [5.41, 5.74) is 4.04. The number of aromatic nitrogens is 2. The Kier molecular flexibility index (Phi) is 5.72. The second kappa shape index (κ2) is 8.46. The van der Waals surface area contributed by atoms with Crippen molar-refractivity contribution in [3.63, 3.8) is 0 Å². The lowest BCUT2D eigenvalue weighted by atomic mass is 9.97. The van der Waals surface area contributed by atoms with E-state index in [0.717, 1.165) is 29.5 Å². The first-order chi connectivity index (χ1) is 14.8. The smallest absolute Gasteiger partial charge is 0.306 e. The highest BCUT2D eigenvalue weighted by Gasteiger charge is 2.28. The third kappa shape index (κ3) is 4.43. The summed E-state index contributed by atoms with van der Waals surface area (Å²) in [7, 11) is 0. The fourth-order valence-corrected chi connectivity index (χ4v) is 4.20. The molecule has 6 nitrogen and oxygen atoms in total. The van der Waals surface area contributed by atoms with Crippen LogP contribution >= 0.6 is 0 Å². The van der Waals surface area contributed by atoms with E-state index < -0.39 is 5.97 Å². The predicted molar refractivity (Wildman–Crippen MR) is 119 cm³/mol. The Bertz CT molecular complexity index is 1210. The average Bonchev–Trinajstić information content (AvgIpc) is 3.55. The summed E-state index contributed by atoms with van der Waals surface area (Å²) in [5.74, 6) is -0.0812. The number of esters is 1. The van der Waals surface area contributed by atoms with Gasteiger partial charge in [-0.25, -0.2) is 4.98 Å². The van der Waals surface area contributed by atoms with Crippen LogP contribution in [0.3, 0.4) is 0 Å². The number of aryl methyl sites for hydroxylation is 4. The maximum atomic E-state index is 12.9. The molecule has 0 amide bonds. The number of rotatable bonds is 7. The molecule has 0 unspecified atom stereocenters. The number of hydrogen-bond donors (Lipinski definition) is 0. The molecular formula is C25H26N2O4. The lowest BCUT2D eigenvalue weighted by Gasteiger charge is -2.13. The van der Waals surface area contributed by atoms with Crippen LogP contribution in [0.4, 0.5) is 0 Å². The van der Waals surface area contributed by atoms with Gasteiger partial charge in [-0.05, 0) is 56.9 Å². The highest BCUT2D eigenvalue weighted by molar-refractivity contribution is 6.00. The average molecular weight is 418 g/mol. The molecule has 0 N–H and O–H groups in total.